The van der Waals surface area contributed by atoms with E-state index in [1.807, 2.05) is 0 Å². The van der Waals surface area contributed by atoms with Crippen LogP contribution in [-0.2, 0) is 4.79 Å². The zero-order valence-corrected chi connectivity index (χ0v) is 15.4. The van der Waals surface area contributed by atoms with Crippen molar-refractivity contribution in [2.75, 3.05) is 5.32 Å². The molecule has 6 heteroatoms. The molecule has 0 radical (unpaired) electrons. The molecule has 4 aromatic rings. The molecule has 0 saturated heterocycles. The molecule has 0 aliphatic rings. The van der Waals surface area contributed by atoms with Gasteiger partial charge in [-0.1, -0.05) is 0 Å². The highest BCUT2D eigenvalue weighted by molar-refractivity contribution is 5.92. The van der Waals surface area contributed by atoms with Crippen LogP contribution in [0.4, 0.5) is 10.1 Å². The molecular formula is C23H16FNO4. The number of halogens is 1. The second-order valence-corrected chi connectivity index (χ2v) is 6.45. The summed E-state index contributed by atoms with van der Waals surface area (Å²) < 4.78 is 24.5. The third-order valence-electron chi connectivity index (χ3n) is 4.24. The first-order chi connectivity index (χ1) is 14.0. The number of amides is 1. The molecule has 0 fully saturated rings. The van der Waals surface area contributed by atoms with Crippen molar-refractivity contribution in [3.63, 3.8) is 0 Å². The molecule has 3 aromatic carbocycles. The zero-order valence-electron chi connectivity index (χ0n) is 15.4. The van der Waals surface area contributed by atoms with Crippen molar-refractivity contribution >= 4 is 22.6 Å². The lowest BCUT2D eigenvalue weighted by Gasteiger charge is -2.08. The van der Waals surface area contributed by atoms with Crippen LogP contribution in [0, 0.1) is 5.82 Å². The van der Waals surface area contributed by atoms with Gasteiger partial charge in [0.25, 0.3) is 0 Å². The van der Waals surface area contributed by atoms with Crippen LogP contribution in [0.1, 0.15) is 6.92 Å². The Balaban J connectivity index is 1.61. The first-order valence-corrected chi connectivity index (χ1v) is 8.87. The topological polar surface area (TPSA) is 68.5 Å². The Morgan fingerprint density at radius 3 is 2.24 bits per heavy atom. The van der Waals surface area contributed by atoms with E-state index in [9.17, 15) is 14.0 Å². The fraction of sp³-hybridized carbons (Fsp3) is 0.0435. The summed E-state index contributed by atoms with van der Waals surface area (Å²) >= 11 is 0. The van der Waals surface area contributed by atoms with E-state index >= 15 is 0 Å². The van der Waals surface area contributed by atoms with E-state index in [1.54, 1.807) is 54.6 Å². The van der Waals surface area contributed by atoms with Gasteiger partial charge in [-0.05, 0) is 66.7 Å². The number of carbonyl (C=O) groups excluding carboxylic acids is 1. The van der Waals surface area contributed by atoms with Crippen LogP contribution in [0.25, 0.3) is 22.3 Å². The van der Waals surface area contributed by atoms with Gasteiger partial charge in [0.1, 0.15) is 28.7 Å². The van der Waals surface area contributed by atoms with Gasteiger partial charge >= 0.3 is 0 Å². The van der Waals surface area contributed by atoms with Crippen molar-refractivity contribution in [1.29, 1.82) is 0 Å². The molecule has 0 aliphatic carbocycles. The molecule has 1 amide bonds. The zero-order chi connectivity index (χ0) is 20.4. The molecule has 4 rings (SSSR count). The van der Waals surface area contributed by atoms with Crippen LogP contribution in [0.2, 0.25) is 0 Å². The number of benzene rings is 3. The van der Waals surface area contributed by atoms with Gasteiger partial charge in [-0.25, -0.2) is 4.39 Å². The molecule has 1 aromatic heterocycles. The highest BCUT2D eigenvalue weighted by Gasteiger charge is 2.09. The molecule has 29 heavy (non-hydrogen) atoms. The summed E-state index contributed by atoms with van der Waals surface area (Å²) in [5.74, 6) is 0.967. The summed E-state index contributed by atoms with van der Waals surface area (Å²) in [4.78, 5) is 23.7. The molecule has 0 saturated carbocycles. The summed E-state index contributed by atoms with van der Waals surface area (Å²) in [6, 6.07) is 19.1. The Hall–Kier alpha value is -3.93. The predicted molar refractivity (Wildman–Crippen MR) is 109 cm³/mol. The second-order valence-electron chi connectivity index (χ2n) is 6.45. The largest absolute Gasteiger partial charge is 0.457 e. The molecule has 1 heterocycles. The monoisotopic (exact) mass is 389 g/mol. The average Bonchev–Trinajstić information content (AvgIpc) is 2.70. The lowest BCUT2D eigenvalue weighted by molar-refractivity contribution is -0.114. The lowest BCUT2D eigenvalue weighted by atomic mass is 10.1. The van der Waals surface area contributed by atoms with Gasteiger partial charge in [-0.15, -0.1) is 0 Å². The fourth-order valence-electron chi connectivity index (χ4n) is 2.91. The summed E-state index contributed by atoms with van der Waals surface area (Å²) in [5, 5.41) is 3.03. The lowest BCUT2D eigenvalue weighted by Crippen LogP contribution is -2.07. The van der Waals surface area contributed by atoms with Crippen LogP contribution < -0.4 is 15.5 Å². The fourth-order valence-corrected chi connectivity index (χ4v) is 2.91. The number of anilines is 1. The van der Waals surface area contributed by atoms with E-state index in [0.29, 0.717) is 39.5 Å². The van der Waals surface area contributed by atoms with E-state index in [4.69, 9.17) is 9.15 Å². The Kier molecular flexibility index (Phi) is 4.83. The number of rotatable bonds is 4. The molecule has 5 nitrogen and oxygen atoms in total. The van der Waals surface area contributed by atoms with Gasteiger partial charge in [0, 0.05) is 24.2 Å². The minimum absolute atomic E-state index is 0.208. The maximum atomic E-state index is 13.0. The molecule has 0 atom stereocenters. The average molecular weight is 389 g/mol. The molecule has 0 spiro atoms. The van der Waals surface area contributed by atoms with E-state index in [0.717, 1.165) is 0 Å². The predicted octanol–water partition coefficient (Wildman–Crippen LogP) is 5.35. The Morgan fingerprint density at radius 2 is 1.59 bits per heavy atom. The number of nitrogens with one attached hydrogen (secondary N) is 1. The summed E-state index contributed by atoms with van der Waals surface area (Å²) in [5.41, 5.74) is 1.46. The van der Waals surface area contributed by atoms with Gasteiger partial charge in [-0.3, -0.25) is 9.59 Å². The molecule has 144 valence electrons. The van der Waals surface area contributed by atoms with Crippen molar-refractivity contribution < 1.29 is 18.3 Å². The number of fused-ring (bicyclic) bond motifs is 1. The summed E-state index contributed by atoms with van der Waals surface area (Å²) in [7, 11) is 0. The van der Waals surface area contributed by atoms with Crippen molar-refractivity contribution in [3.05, 3.63) is 88.8 Å². The normalized spacial score (nSPS) is 10.7. The van der Waals surface area contributed by atoms with Gasteiger partial charge in [0.15, 0.2) is 5.43 Å². The first-order valence-electron chi connectivity index (χ1n) is 8.87. The SMILES string of the molecule is CC(=O)Nc1ccc2oc(-c3ccc(Oc4ccc(F)cc4)cc3)cc(=O)c2c1. The minimum Gasteiger partial charge on any atom is -0.457 e. The number of hydrogen-bond acceptors (Lipinski definition) is 4. The van der Waals surface area contributed by atoms with Gasteiger partial charge in [0.2, 0.25) is 5.91 Å². The van der Waals surface area contributed by atoms with Crippen molar-refractivity contribution in [3.8, 4) is 22.8 Å². The Morgan fingerprint density at radius 1 is 0.931 bits per heavy atom. The molecule has 0 aliphatic heterocycles. The number of ether oxygens (including phenoxy) is 1. The maximum absolute atomic E-state index is 13.0. The number of hydrogen-bond donors (Lipinski definition) is 1. The second kappa shape index (κ2) is 7.59. The molecule has 0 unspecified atom stereocenters. The van der Waals surface area contributed by atoms with E-state index in [-0.39, 0.29) is 17.2 Å². The minimum atomic E-state index is -0.330. The van der Waals surface area contributed by atoms with E-state index < -0.39 is 0 Å². The van der Waals surface area contributed by atoms with Crippen LogP contribution in [0.5, 0.6) is 11.5 Å². The maximum Gasteiger partial charge on any atom is 0.221 e. The quantitative estimate of drug-likeness (QED) is 0.511. The van der Waals surface area contributed by atoms with Crippen LogP contribution in [-0.4, -0.2) is 5.91 Å². The Bertz CT molecular complexity index is 1240. The van der Waals surface area contributed by atoms with Gasteiger partial charge < -0.3 is 14.5 Å². The first kappa shape index (κ1) is 18.4. The molecule has 0 bridgehead atoms. The summed E-state index contributed by atoms with van der Waals surface area (Å²) in [6.07, 6.45) is 0. The van der Waals surface area contributed by atoms with Crippen molar-refractivity contribution in [2.45, 2.75) is 6.92 Å². The molecule has 1 N–H and O–H groups in total. The smallest absolute Gasteiger partial charge is 0.221 e. The highest BCUT2D eigenvalue weighted by atomic mass is 19.1. The third-order valence-corrected chi connectivity index (χ3v) is 4.24. The van der Waals surface area contributed by atoms with Crippen molar-refractivity contribution in [1.82, 2.24) is 0 Å². The van der Waals surface area contributed by atoms with Crippen molar-refractivity contribution in [2.24, 2.45) is 0 Å². The van der Waals surface area contributed by atoms with E-state index in [1.165, 1.54) is 25.1 Å². The standard InChI is InChI=1S/C23H16FNO4/c1-14(26)25-17-6-11-22-20(12-17)21(27)13-23(29-22)15-2-7-18(8-3-15)28-19-9-4-16(24)5-10-19/h2-13H,1H3,(H,25,26). The summed E-state index contributed by atoms with van der Waals surface area (Å²) in [6.45, 7) is 1.40. The van der Waals surface area contributed by atoms with E-state index in [2.05, 4.69) is 5.32 Å². The number of carbonyl (C=O) groups is 1. The van der Waals surface area contributed by atoms with Gasteiger partial charge in [0.05, 0.1) is 5.39 Å². The highest BCUT2D eigenvalue weighted by Crippen LogP contribution is 2.27. The Labute approximate surface area is 165 Å². The van der Waals surface area contributed by atoms with Crippen LogP contribution in [0.3, 0.4) is 0 Å². The van der Waals surface area contributed by atoms with Crippen LogP contribution >= 0.6 is 0 Å². The molecular weight excluding hydrogens is 373 g/mol. The van der Waals surface area contributed by atoms with Gasteiger partial charge in [-0.2, -0.15) is 0 Å². The third kappa shape index (κ3) is 4.16. The van der Waals surface area contributed by atoms with Crippen LogP contribution in [0.15, 0.2) is 82.0 Å².